The monoisotopic (exact) mass is 624 g/mol. The van der Waals surface area contributed by atoms with Gasteiger partial charge in [0.25, 0.3) is 11.5 Å². The highest BCUT2D eigenvalue weighted by Gasteiger charge is 2.35. The van der Waals surface area contributed by atoms with E-state index in [2.05, 4.69) is 31.9 Å². The molecule has 0 spiro atoms. The van der Waals surface area contributed by atoms with Gasteiger partial charge in [-0.15, -0.1) is 0 Å². The molecule has 9 nitrogen and oxygen atoms in total. The molecule has 1 amide bonds. The number of pyridine rings is 3. The number of alkyl halides is 3. The number of H-pyrrole nitrogens is 1. The Bertz CT molecular complexity index is 1760. The van der Waals surface area contributed by atoms with Crippen LogP contribution in [0.3, 0.4) is 0 Å². The van der Waals surface area contributed by atoms with E-state index in [0.29, 0.717) is 54.3 Å². The first-order chi connectivity index (χ1) is 21.4. The summed E-state index contributed by atoms with van der Waals surface area (Å²) in [5.41, 5.74) is 5.45. The van der Waals surface area contributed by atoms with Gasteiger partial charge >= 0.3 is 6.18 Å². The van der Waals surface area contributed by atoms with Crippen LogP contribution in [0.2, 0.25) is 0 Å². The number of rotatable bonds is 9. The smallest absolute Gasteiger partial charge is 0.401 e. The number of hydrogen-bond donors (Lipinski definition) is 3. The van der Waals surface area contributed by atoms with Gasteiger partial charge in [0.1, 0.15) is 11.6 Å². The minimum absolute atomic E-state index is 0.0332. The van der Waals surface area contributed by atoms with E-state index >= 15 is 0 Å². The number of aromatic nitrogens is 3. The highest BCUT2D eigenvalue weighted by Crippen LogP contribution is 2.38. The van der Waals surface area contributed by atoms with Crippen molar-refractivity contribution in [2.75, 3.05) is 39.1 Å². The van der Waals surface area contributed by atoms with E-state index in [-0.39, 0.29) is 29.8 Å². The number of carbonyl (C=O) groups is 1. The Morgan fingerprint density at radius 3 is 2.58 bits per heavy atom. The van der Waals surface area contributed by atoms with Crippen LogP contribution in [0.4, 0.5) is 19.0 Å². The minimum Gasteiger partial charge on any atom is -0.496 e. The van der Waals surface area contributed by atoms with Gasteiger partial charge in [-0.25, -0.2) is 4.98 Å². The first kappa shape index (κ1) is 32.1. The van der Waals surface area contributed by atoms with Crippen LogP contribution in [-0.2, 0) is 6.54 Å². The van der Waals surface area contributed by atoms with Gasteiger partial charge < -0.3 is 24.8 Å². The number of aryl methyl sites for hydroxylation is 1. The Labute approximate surface area is 259 Å². The molecule has 12 heteroatoms. The lowest BCUT2D eigenvalue weighted by atomic mass is 9.81. The molecule has 0 radical (unpaired) electrons. The van der Waals surface area contributed by atoms with Crippen LogP contribution in [0.15, 0.2) is 47.5 Å². The number of nitrogens with one attached hydrogen (secondary N) is 3. The molecule has 1 aliphatic heterocycles. The number of aromatic amines is 1. The second kappa shape index (κ2) is 13.0. The Balaban J connectivity index is 1.54. The predicted molar refractivity (Wildman–Crippen MR) is 168 cm³/mol. The molecule has 0 saturated carbocycles. The van der Waals surface area contributed by atoms with Gasteiger partial charge in [0, 0.05) is 42.0 Å². The molecule has 0 bridgehead atoms. The number of fused-ring (bicyclic) bond motifs is 1. The van der Waals surface area contributed by atoms with E-state index < -0.39 is 12.7 Å². The van der Waals surface area contributed by atoms with Crippen molar-refractivity contribution in [1.29, 1.82) is 0 Å². The lowest BCUT2D eigenvalue weighted by Crippen LogP contribution is -2.41. The van der Waals surface area contributed by atoms with Gasteiger partial charge in [0.2, 0.25) is 0 Å². The van der Waals surface area contributed by atoms with Crippen molar-refractivity contribution in [3.8, 4) is 16.9 Å². The minimum atomic E-state index is -4.22. The summed E-state index contributed by atoms with van der Waals surface area (Å²) >= 11 is 0. The number of anilines is 1. The Morgan fingerprint density at radius 1 is 1.18 bits per heavy atom. The number of likely N-dealkylation sites (tertiary alicyclic amines) is 1. The zero-order valence-corrected chi connectivity index (χ0v) is 26.1. The first-order valence-corrected chi connectivity index (χ1v) is 15.0. The van der Waals surface area contributed by atoms with Crippen LogP contribution in [0.5, 0.6) is 5.75 Å². The number of ether oxygens (including phenoxy) is 1. The Hall–Kier alpha value is -4.32. The first-order valence-electron chi connectivity index (χ1n) is 15.0. The predicted octanol–water partition coefficient (Wildman–Crippen LogP) is 5.66. The Kier molecular flexibility index (Phi) is 9.24. The standard InChI is InChI=1S/C33H39F3N6O3/c1-19-14-28(45-5)26(32(44)40-19)17-39-31(43)25-16-27-24(23-6-10-38-29(15-23)37-4)9-13-42(27)30(21(25)3)20(2)22-7-11-41(12-8-22)18-33(34,35)36/h6,9-10,13-16,20,22H,7-8,11-12,17-18H2,1-5H3,(H,37,38)(H,39,43)(H,40,44). The molecule has 5 rings (SSSR count). The highest BCUT2D eigenvalue weighted by atomic mass is 19.4. The van der Waals surface area contributed by atoms with E-state index in [1.165, 1.54) is 12.0 Å². The van der Waals surface area contributed by atoms with Gasteiger partial charge in [-0.05, 0) is 93.1 Å². The van der Waals surface area contributed by atoms with Crippen molar-refractivity contribution < 1.29 is 22.7 Å². The lowest BCUT2D eigenvalue weighted by molar-refractivity contribution is -0.148. The van der Waals surface area contributed by atoms with Gasteiger partial charge in [-0.3, -0.25) is 14.5 Å². The van der Waals surface area contributed by atoms with Gasteiger partial charge in [0.05, 0.1) is 31.3 Å². The van der Waals surface area contributed by atoms with E-state index in [1.807, 2.05) is 37.4 Å². The summed E-state index contributed by atoms with van der Waals surface area (Å²) in [6, 6.07) is 9.42. The summed E-state index contributed by atoms with van der Waals surface area (Å²) in [7, 11) is 3.27. The molecule has 1 atom stereocenters. The fourth-order valence-corrected chi connectivity index (χ4v) is 6.53. The summed E-state index contributed by atoms with van der Waals surface area (Å²) in [4.78, 5) is 35.1. The van der Waals surface area contributed by atoms with Crippen LogP contribution in [0.1, 0.15) is 58.6 Å². The molecule has 45 heavy (non-hydrogen) atoms. The number of piperidine rings is 1. The molecule has 1 aliphatic rings. The third-order valence-electron chi connectivity index (χ3n) is 8.88. The van der Waals surface area contributed by atoms with Crippen molar-refractivity contribution in [3.05, 3.63) is 81.2 Å². The number of halogens is 3. The number of hydrogen-bond acceptors (Lipinski definition) is 6. The molecule has 1 unspecified atom stereocenters. The van der Waals surface area contributed by atoms with Crippen LogP contribution in [0, 0.1) is 19.8 Å². The molecule has 4 aromatic rings. The average molecular weight is 625 g/mol. The second-order valence-corrected chi connectivity index (χ2v) is 11.8. The van der Waals surface area contributed by atoms with E-state index in [4.69, 9.17) is 4.74 Å². The van der Waals surface area contributed by atoms with E-state index in [0.717, 1.165) is 27.9 Å². The fraction of sp³-hybridized carbons (Fsp3) is 0.424. The number of amides is 1. The maximum Gasteiger partial charge on any atom is 0.401 e. The van der Waals surface area contributed by atoms with Gasteiger partial charge in [0.15, 0.2) is 0 Å². The molecular weight excluding hydrogens is 585 g/mol. The normalized spacial score (nSPS) is 15.3. The maximum atomic E-state index is 13.9. The maximum absolute atomic E-state index is 13.9. The van der Waals surface area contributed by atoms with Crippen LogP contribution in [0.25, 0.3) is 16.6 Å². The largest absolute Gasteiger partial charge is 0.496 e. The molecule has 240 valence electrons. The number of carbonyl (C=O) groups excluding carboxylic acids is 1. The SMILES string of the molecule is CNc1cc(-c2ccn3c(C(C)C4CCN(CC(F)(F)F)CC4)c(C)c(C(=O)NCc4c(OC)cc(C)[nH]c4=O)cc23)ccn1. The molecule has 4 aromatic heterocycles. The summed E-state index contributed by atoms with van der Waals surface area (Å²) in [6.07, 6.45) is 0.721. The van der Waals surface area contributed by atoms with Crippen molar-refractivity contribution in [1.82, 2.24) is 24.6 Å². The lowest BCUT2D eigenvalue weighted by Gasteiger charge is -2.36. The molecule has 1 saturated heterocycles. The van der Waals surface area contributed by atoms with Crippen molar-refractivity contribution in [2.45, 2.75) is 52.3 Å². The van der Waals surface area contributed by atoms with Crippen LogP contribution in [-0.4, -0.2) is 65.1 Å². The second-order valence-electron chi connectivity index (χ2n) is 11.8. The van der Waals surface area contributed by atoms with Crippen molar-refractivity contribution >= 4 is 17.2 Å². The number of nitrogens with zero attached hydrogens (tertiary/aromatic N) is 3. The van der Waals surface area contributed by atoms with Gasteiger partial charge in [-0.2, -0.15) is 13.2 Å². The van der Waals surface area contributed by atoms with Crippen LogP contribution < -0.4 is 20.9 Å². The topological polar surface area (TPSA) is 104 Å². The fourth-order valence-electron chi connectivity index (χ4n) is 6.53. The van der Waals surface area contributed by atoms with E-state index in [1.54, 1.807) is 26.2 Å². The Morgan fingerprint density at radius 2 is 1.91 bits per heavy atom. The third-order valence-corrected chi connectivity index (χ3v) is 8.88. The van der Waals surface area contributed by atoms with Gasteiger partial charge in [-0.1, -0.05) is 6.92 Å². The quantitative estimate of drug-likeness (QED) is 0.222. The number of methoxy groups -OCH3 is 1. The summed E-state index contributed by atoms with van der Waals surface area (Å²) in [5, 5.41) is 5.98. The zero-order chi connectivity index (χ0) is 32.5. The molecule has 0 aromatic carbocycles. The van der Waals surface area contributed by atoms with Crippen molar-refractivity contribution in [2.24, 2.45) is 5.92 Å². The van der Waals surface area contributed by atoms with Crippen molar-refractivity contribution in [3.63, 3.8) is 0 Å². The molecular formula is C33H39F3N6O3. The molecule has 3 N–H and O–H groups in total. The third kappa shape index (κ3) is 6.85. The molecule has 0 aliphatic carbocycles. The van der Waals surface area contributed by atoms with E-state index in [9.17, 15) is 22.8 Å². The summed E-state index contributed by atoms with van der Waals surface area (Å²) in [6.45, 7) is 5.55. The van der Waals surface area contributed by atoms with Crippen LogP contribution >= 0.6 is 0 Å². The molecule has 1 fully saturated rings. The zero-order valence-electron chi connectivity index (χ0n) is 26.1. The molecule has 5 heterocycles. The summed E-state index contributed by atoms with van der Waals surface area (Å²) in [5.74, 6) is 0.838. The highest BCUT2D eigenvalue weighted by molar-refractivity contribution is 5.98. The average Bonchev–Trinajstić information content (AvgIpc) is 3.42. The summed E-state index contributed by atoms with van der Waals surface area (Å²) < 4.78 is 46.6.